The third-order valence-electron chi connectivity index (χ3n) is 2.35. The first kappa shape index (κ1) is 10.6. The fourth-order valence-corrected chi connectivity index (χ4v) is 1.93. The van der Waals surface area contributed by atoms with Gasteiger partial charge in [0.15, 0.2) is 9.84 Å². The third-order valence-corrected chi connectivity index (χ3v) is 3.42. The van der Waals surface area contributed by atoms with Gasteiger partial charge in [0.25, 0.3) is 0 Å². The molecule has 1 saturated heterocycles. The van der Waals surface area contributed by atoms with Gasteiger partial charge in [-0.15, -0.1) is 0 Å². The molecule has 1 aliphatic heterocycles. The smallest absolute Gasteiger partial charge is 0.178 e. The van der Waals surface area contributed by atoms with Gasteiger partial charge in [-0.2, -0.15) is 5.10 Å². The highest BCUT2D eigenvalue weighted by atomic mass is 32.2. The van der Waals surface area contributed by atoms with Crippen LogP contribution in [-0.4, -0.2) is 37.2 Å². The standard InChI is InChI=1S/C9H14N2O3S/c1-15(12,13)9-5-10-11(6-9)4-2-3-8-7-14-8/h5-6,8H,2-4,7H2,1H3. The molecule has 0 aliphatic carbocycles. The summed E-state index contributed by atoms with van der Waals surface area (Å²) < 4.78 is 29.1. The zero-order chi connectivity index (χ0) is 10.9. The Bertz CT molecular complexity index is 434. The first-order valence-electron chi connectivity index (χ1n) is 4.90. The molecule has 0 aromatic carbocycles. The van der Waals surface area contributed by atoms with Crippen LogP contribution in [0, 0.1) is 0 Å². The summed E-state index contributed by atoms with van der Waals surface area (Å²) in [4.78, 5) is 0.283. The van der Waals surface area contributed by atoms with Crippen molar-refractivity contribution < 1.29 is 13.2 Å². The highest BCUT2D eigenvalue weighted by Gasteiger charge is 2.21. The lowest BCUT2D eigenvalue weighted by Gasteiger charge is -1.98. The van der Waals surface area contributed by atoms with Crippen molar-refractivity contribution in [2.45, 2.75) is 30.4 Å². The van der Waals surface area contributed by atoms with E-state index in [-0.39, 0.29) is 4.90 Å². The molecule has 0 N–H and O–H groups in total. The number of sulfone groups is 1. The second-order valence-corrected chi connectivity index (χ2v) is 5.82. The second kappa shape index (κ2) is 3.94. The second-order valence-electron chi connectivity index (χ2n) is 3.81. The number of ether oxygens (including phenoxy) is 1. The fourth-order valence-electron chi connectivity index (χ4n) is 1.37. The molecule has 0 spiro atoms. The lowest BCUT2D eigenvalue weighted by Crippen LogP contribution is -2.00. The number of aromatic nitrogens is 2. The minimum atomic E-state index is -3.12. The molecule has 1 fully saturated rings. The van der Waals surface area contributed by atoms with Gasteiger partial charge in [-0.1, -0.05) is 0 Å². The van der Waals surface area contributed by atoms with E-state index in [1.54, 1.807) is 10.9 Å². The van der Waals surface area contributed by atoms with E-state index in [0.717, 1.165) is 26.0 Å². The van der Waals surface area contributed by atoms with Crippen LogP contribution >= 0.6 is 0 Å². The van der Waals surface area contributed by atoms with Gasteiger partial charge in [0.05, 0.1) is 18.9 Å². The van der Waals surface area contributed by atoms with Gasteiger partial charge in [0.2, 0.25) is 0 Å². The highest BCUT2D eigenvalue weighted by Crippen LogP contribution is 2.16. The SMILES string of the molecule is CS(=O)(=O)c1cnn(CCCC2CO2)c1. The van der Waals surface area contributed by atoms with E-state index >= 15 is 0 Å². The molecule has 0 saturated carbocycles. The van der Waals surface area contributed by atoms with E-state index in [9.17, 15) is 8.42 Å². The number of nitrogens with zero attached hydrogens (tertiary/aromatic N) is 2. The Morgan fingerprint density at radius 2 is 2.40 bits per heavy atom. The molecule has 1 aromatic rings. The van der Waals surface area contributed by atoms with Crippen LogP contribution in [0.2, 0.25) is 0 Å². The first-order valence-corrected chi connectivity index (χ1v) is 6.79. The minimum Gasteiger partial charge on any atom is -0.373 e. The molecular formula is C9H14N2O3S. The molecule has 2 rings (SSSR count). The molecule has 1 aromatic heterocycles. The molecule has 6 heteroatoms. The number of epoxide rings is 1. The zero-order valence-corrected chi connectivity index (χ0v) is 9.40. The van der Waals surface area contributed by atoms with Gasteiger partial charge in [0.1, 0.15) is 4.90 Å². The summed E-state index contributed by atoms with van der Waals surface area (Å²) in [6.07, 6.45) is 6.57. The summed E-state index contributed by atoms with van der Waals surface area (Å²) >= 11 is 0. The van der Waals surface area contributed by atoms with Crippen LogP contribution in [0.15, 0.2) is 17.3 Å². The van der Waals surface area contributed by atoms with E-state index in [4.69, 9.17) is 4.74 Å². The summed E-state index contributed by atoms with van der Waals surface area (Å²) in [6, 6.07) is 0. The molecule has 0 amide bonds. The first-order chi connectivity index (χ1) is 7.05. The van der Waals surface area contributed by atoms with Gasteiger partial charge in [-0.05, 0) is 12.8 Å². The molecule has 0 bridgehead atoms. The monoisotopic (exact) mass is 230 g/mol. The van der Waals surface area contributed by atoms with Crippen molar-refractivity contribution in [2.24, 2.45) is 0 Å². The summed E-state index contributed by atoms with van der Waals surface area (Å²) in [5.41, 5.74) is 0. The average molecular weight is 230 g/mol. The van der Waals surface area contributed by atoms with Gasteiger partial charge >= 0.3 is 0 Å². The van der Waals surface area contributed by atoms with Crippen molar-refractivity contribution in [3.8, 4) is 0 Å². The Morgan fingerprint density at radius 3 is 2.93 bits per heavy atom. The average Bonchev–Trinajstić information content (AvgIpc) is 2.80. The maximum atomic E-state index is 11.2. The van der Waals surface area contributed by atoms with Crippen molar-refractivity contribution in [3.05, 3.63) is 12.4 Å². The quantitative estimate of drug-likeness (QED) is 0.689. The van der Waals surface area contributed by atoms with E-state index < -0.39 is 9.84 Å². The molecule has 1 atom stereocenters. The minimum absolute atomic E-state index is 0.283. The normalized spacial score (nSPS) is 20.5. The molecule has 5 nitrogen and oxygen atoms in total. The van der Waals surface area contributed by atoms with Gasteiger partial charge in [0, 0.05) is 19.0 Å². The van der Waals surface area contributed by atoms with E-state index in [1.807, 2.05) is 0 Å². The van der Waals surface area contributed by atoms with Crippen molar-refractivity contribution in [2.75, 3.05) is 12.9 Å². The van der Waals surface area contributed by atoms with Crippen LogP contribution in [0.4, 0.5) is 0 Å². The van der Waals surface area contributed by atoms with Gasteiger partial charge < -0.3 is 4.74 Å². The van der Waals surface area contributed by atoms with E-state index in [0.29, 0.717) is 6.10 Å². The summed E-state index contributed by atoms with van der Waals surface area (Å²) in [6.45, 7) is 1.61. The summed E-state index contributed by atoms with van der Waals surface area (Å²) in [5.74, 6) is 0. The molecular weight excluding hydrogens is 216 g/mol. The Balaban J connectivity index is 1.88. The third kappa shape index (κ3) is 3.04. The van der Waals surface area contributed by atoms with Crippen molar-refractivity contribution in [1.82, 2.24) is 9.78 Å². The van der Waals surface area contributed by atoms with Gasteiger partial charge in [-0.25, -0.2) is 8.42 Å². The van der Waals surface area contributed by atoms with Crippen molar-refractivity contribution in [1.29, 1.82) is 0 Å². The Kier molecular flexibility index (Phi) is 2.79. The van der Waals surface area contributed by atoms with E-state index in [1.165, 1.54) is 12.5 Å². The van der Waals surface area contributed by atoms with Crippen molar-refractivity contribution >= 4 is 9.84 Å². The number of hydrogen-bond acceptors (Lipinski definition) is 4. The van der Waals surface area contributed by atoms with Crippen LogP contribution < -0.4 is 0 Å². The Hall–Kier alpha value is -0.880. The zero-order valence-electron chi connectivity index (χ0n) is 8.59. The molecule has 1 aliphatic rings. The lowest BCUT2D eigenvalue weighted by molar-refractivity contribution is 0.383. The fraction of sp³-hybridized carbons (Fsp3) is 0.667. The van der Waals surface area contributed by atoms with Crippen LogP contribution in [0.25, 0.3) is 0 Å². The molecule has 15 heavy (non-hydrogen) atoms. The van der Waals surface area contributed by atoms with Crippen LogP contribution in [0.5, 0.6) is 0 Å². The number of aryl methyl sites for hydroxylation is 1. The van der Waals surface area contributed by atoms with Crippen LogP contribution in [0.3, 0.4) is 0 Å². The maximum absolute atomic E-state index is 11.2. The molecule has 0 radical (unpaired) electrons. The van der Waals surface area contributed by atoms with Crippen molar-refractivity contribution in [3.63, 3.8) is 0 Å². The number of hydrogen-bond donors (Lipinski definition) is 0. The Morgan fingerprint density at radius 1 is 1.67 bits per heavy atom. The molecule has 1 unspecified atom stereocenters. The maximum Gasteiger partial charge on any atom is 0.178 e. The largest absolute Gasteiger partial charge is 0.373 e. The van der Waals surface area contributed by atoms with E-state index in [2.05, 4.69) is 5.10 Å². The predicted molar refractivity (Wildman–Crippen MR) is 54.3 cm³/mol. The summed E-state index contributed by atoms with van der Waals surface area (Å²) in [7, 11) is -3.12. The molecule has 2 heterocycles. The predicted octanol–water partition coefficient (Wildman–Crippen LogP) is 0.466. The molecule has 84 valence electrons. The van der Waals surface area contributed by atoms with Crippen LogP contribution in [0.1, 0.15) is 12.8 Å². The van der Waals surface area contributed by atoms with Crippen LogP contribution in [-0.2, 0) is 21.1 Å². The number of rotatable bonds is 5. The topological polar surface area (TPSA) is 64.5 Å². The van der Waals surface area contributed by atoms with Gasteiger partial charge in [-0.3, -0.25) is 4.68 Å². The lowest BCUT2D eigenvalue weighted by atomic mass is 10.2. The summed E-state index contributed by atoms with van der Waals surface area (Å²) in [5, 5.41) is 4.00. The Labute approximate surface area is 89.0 Å². The highest BCUT2D eigenvalue weighted by molar-refractivity contribution is 7.90.